The van der Waals surface area contributed by atoms with Crippen LogP contribution in [0.25, 0.3) is 0 Å². The molecular weight excluding hydrogens is 208 g/mol. The van der Waals surface area contributed by atoms with E-state index in [1.807, 2.05) is 0 Å². The lowest BCUT2D eigenvalue weighted by molar-refractivity contribution is 0.0946. The Morgan fingerprint density at radius 2 is 2.06 bits per heavy atom. The normalized spacial score (nSPS) is 10.0. The van der Waals surface area contributed by atoms with Gasteiger partial charge in [-0.3, -0.25) is 24.8 Å². The molecule has 3 N–H and O–H groups in total. The summed E-state index contributed by atoms with van der Waals surface area (Å²) in [5.41, 5.74) is 0.842. The minimum Gasteiger partial charge on any atom is -0.347 e. The number of carbonyl (C=O) groups is 1. The Labute approximate surface area is 90.7 Å². The third-order valence-corrected chi connectivity index (χ3v) is 2.04. The van der Waals surface area contributed by atoms with E-state index >= 15 is 0 Å². The van der Waals surface area contributed by atoms with Crippen LogP contribution in [-0.2, 0) is 6.54 Å². The molecule has 0 aliphatic carbocycles. The molecule has 0 radical (unpaired) electrons. The van der Waals surface area contributed by atoms with E-state index in [-0.39, 0.29) is 17.2 Å². The Bertz CT molecular complexity index is 529. The number of carbonyl (C=O) groups excluding carboxylic acids is 1. The van der Waals surface area contributed by atoms with Gasteiger partial charge in [-0.1, -0.05) is 0 Å². The molecule has 0 fully saturated rings. The van der Waals surface area contributed by atoms with Crippen molar-refractivity contribution in [2.75, 3.05) is 0 Å². The number of hydrogen-bond donors (Lipinski definition) is 3. The molecule has 0 aromatic carbocycles. The van der Waals surface area contributed by atoms with Crippen LogP contribution in [0.4, 0.5) is 0 Å². The van der Waals surface area contributed by atoms with Crippen LogP contribution in [0.5, 0.6) is 0 Å². The lowest BCUT2D eigenvalue weighted by Crippen LogP contribution is -2.23. The zero-order chi connectivity index (χ0) is 11.4. The quantitative estimate of drug-likeness (QED) is 0.678. The predicted molar refractivity (Wildman–Crippen MR) is 56.8 cm³/mol. The number of aromatic amines is 2. The van der Waals surface area contributed by atoms with Gasteiger partial charge in [0.05, 0.1) is 0 Å². The third-order valence-electron chi connectivity index (χ3n) is 2.04. The molecule has 82 valence electrons. The van der Waals surface area contributed by atoms with Crippen molar-refractivity contribution < 1.29 is 4.79 Å². The molecule has 16 heavy (non-hydrogen) atoms. The summed E-state index contributed by atoms with van der Waals surface area (Å²) in [6, 6.07) is 4.82. The highest BCUT2D eigenvalue weighted by atomic mass is 16.2. The van der Waals surface area contributed by atoms with Crippen LogP contribution in [0.15, 0.2) is 35.4 Å². The first-order chi connectivity index (χ1) is 7.75. The van der Waals surface area contributed by atoms with Crippen LogP contribution in [-0.4, -0.2) is 21.1 Å². The average Bonchev–Trinajstić information content (AvgIpc) is 2.74. The van der Waals surface area contributed by atoms with Gasteiger partial charge < -0.3 is 5.32 Å². The molecule has 0 saturated heterocycles. The van der Waals surface area contributed by atoms with Crippen molar-refractivity contribution in [1.29, 1.82) is 0 Å². The molecule has 2 heterocycles. The summed E-state index contributed by atoms with van der Waals surface area (Å²) in [5.74, 6) is -0.324. The van der Waals surface area contributed by atoms with Gasteiger partial charge in [0.2, 0.25) is 0 Å². The Morgan fingerprint density at radius 3 is 2.69 bits per heavy atom. The highest BCUT2D eigenvalue weighted by Crippen LogP contribution is 1.96. The number of hydrogen-bond acceptors (Lipinski definition) is 3. The Kier molecular flexibility index (Phi) is 2.81. The van der Waals surface area contributed by atoms with Crippen LogP contribution in [0, 0.1) is 0 Å². The number of rotatable bonds is 3. The van der Waals surface area contributed by atoms with E-state index in [2.05, 4.69) is 20.5 Å². The van der Waals surface area contributed by atoms with Gasteiger partial charge in [-0.2, -0.15) is 0 Å². The first-order valence-electron chi connectivity index (χ1n) is 4.70. The van der Waals surface area contributed by atoms with E-state index in [1.165, 1.54) is 6.07 Å². The first kappa shape index (κ1) is 10.2. The molecule has 0 unspecified atom stereocenters. The molecule has 6 heteroatoms. The van der Waals surface area contributed by atoms with Gasteiger partial charge in [-0.25, -0.2) is 0 Å². The largest absolute Gasteiger partial charge is 0.347 e. The summed E-state index contributed by atoms with van der Waals surface area (Å²) in [4.78, 5) is 26.2. The maximum Gasteiger partial charge on any atom is 0.269 e. The van der Waals surface area contributed by atoms with Crippen LogP contribution in [0.1, 0.15) is 16.1 Å². The topological polar surface area (TPSA) is 90.6 Å². The zero-order valence-electron chi connectivity index (χ0n) is 8.36. The van der Waals surface area contributed by atoms with Gasteiger partial charge in [0, 0.05) is 25.0 Å². The minimum absolute atomic E-state index is 0.221. The second kappa shape index (κ2) is 4.43. The van der Waals surface area contributed by atoms with Gasteiger partial charge >= 0.3 is 0 Å². The SMILES string of the molecule is O=C(NCc1ccncc1)c1cc(=O)[nH][nH]1. The molecule has 1 amide bonds. The van der Waals surface area contributed by atoms with Gasteiger partial charge in [0.15, 0.2) is 0 Å². The highest BCUT2D eigenvalue weighted by Gasteiger charge is 2.06. The van der Waals surface area contributed by atoms with E-state index < -0.39 is 0 Å². The molecule has 0 aliphatic rings. The van der Waals surface area contributed by atoms with E-state index in [1.54, 1.807) is 24.5 Å². The van der Waals surface area contributed by atoms with Crippen molar-refractivity contribution in [2.24, 2.45) is 0 Å². The van der Waals surface area contributed by atoms with Crippen molar-refractivity contribution in [2.45, 2.75) is 6.54 Å². The number of nitrogens with zero attached hydrogens (tertiary/aromatic N) is 1. The number of aromatic nitrogens is 3. The highest BCUT2D eigenvalue weighted by molar-refractivity contribution is 5.91. The Balaban J connectivity index is 1.97. The Morgan fingerprint density at radius 1 is 1.31 bits per heavy atom. The molecule has 2 rings (SSSR count). The number of H-pyrrole nitrogens is 2. The lowest BCUT2D eigenvalue weighted by Gasteiger charge is -2.02. The van der Waals surface area contributed by atoms with E-state index in [0.29, 0.717) is 6.54 Å². The third kappa shape index (κ3) is 2.35. The summed E-state index contributed by atoms with van der Waals surface area (Å²) >= 11 is 0. The standard InChI is InChI=1S/C10H10N4O2/c15-9-5-8(13-14-9)10(16)12-6-7-1-3-11-4-2-7/h1-5H,6H2,(H,12,16)(H2,13,14,15). The molecular formula is C10H10N4O2. The number of nitrogens with one attached hydrogen (secondary N) is 3. The van der Waals surface area contributed by atoms with Crippen LogP contribution >= 0.6 is 0 Å². The summed E-state index contributed by atoms with van der Waals surface area (Å²) in [6.45, 7) is 0.397. The van der Waals surface area contributed by atoms with Crippen LogP contribution < -0.4 is 10.9 Å². The summed E-state index contributed by atoms with van der Waals surface area (Å²) in [5, 5.41) is 7.45. The molecule has 0 bridgehead atoms. The number of amides is 1. The van der Waals surface area contributed by atoms with E-state index in [0.717, 1.165) is 5.56 Å². The van der Waals surface area contributed by atoms with Crippen molar-refractivity contribution in [3.63, 3.8) is 0 Å². The van der Waals surface area contributed by atoms with Crippen molar-refractivity contribution >= 4 is 5.91 Å². The fourth-order valence-electron chi connectivity index (χ4n) is 1.23. The molecule has 2 aromatic heterocycles. The zero-order valence-corrected chi connectivity index (χ0v) is 8.36. The van der Waals surface area contributed by atoms with Gasteiger partial charge in [-0.05, 0) is 17.7 Å². The van der Waals surface area contributed by atoms with Crippen LogP contribution in [0.3, 0.4) is 0 Å². The van der Waals surface area contributed by atoms with Gasteiger partial charge in [0.25, 0.3) is 11.5 Å². The summed E-state index contributed by atoms with van der Waals surface area (Å²) < 4.78 is 0. The maximum atomic E-state index is 11.5. The molecule has 0 saturated carbocycles. The van der Waals surface area contributed by atoms with E-state index in [4.69, 9.17) is 0 Å². The fraction of sp³-hybridized carbons (Fsp3) is 0.100. The average molecular weight is 218 g/mol. The van der Waals surface area contributed by atoms with Crippen molar-refractivity contribution in [1.82, 2.24) is 20.5 Å². The van der Waals surface area contributed by atoms with Crippen molar-refractivity contribution in [3.8, 4) is 0 Å². The molecule has 0 atom stereocenters. The summed E-state index contributed by atoms with van der Waals surface area (Å²) in [6.07, 6.45) is 3.30. The minimum atomic E-state index is -0.325. The molecule has 6 nitrogen and oxygen atoms in total. The second-order valence-corrected chi connectivity index (χ2v) is 3.21. The molecule has 2 aromatic rings. The monoisotopic (exact) mass is 218 g/mol. The second-order valence-electron chi connectivity index (χ2n) is 3.21. The predicted octanol–water partition coefficient (Wildman–Crippen LogP) is 0.0280. The lowest BCUT2D eigenvalue weighted by atomic mass is 10.2. The van der Waals surface area contributed by atoms with Gasteiger partial charge in [0.1, 0.15) is 5.69 Å². The molecule has 0 aliphatic heterocycles. The fourth-order valence-corrected chi connectivity index (χ4v) is 1.23. The number of pyridine rings is 1. The summed E-state index contributed by atoms with van der Waals surface area (Å²) in [7, 11) is 0. The van der Waals surface area contributed by atoms with E-state index in [9.17, 15) is 9.59 Å². The Hall–Kier alpha value is -2.37. The smallest absolute Gasteiger partial charge is 0.269 e. The molecule has 0 spiro atoms. The maximum absolute atomic E-state index is 11.5. The van der Waals surface area contributed by atoms with Crippen LogP contribution in [0.2, 0.25) is 0 Å². The first-order valence-corrected chi connectivity index (χ1v) is 4.70. The van der Waals surface area contributed by atoms with Gasteiger partial charge in [-0.15, -0.1) is 0 Å². The van der Waals surface area contributed by atoms with Crippen molar-refractivity contribution in [3.05, 3.63) is 52.2 Å².